The summed E-state index contributed by atoms with van der Waals surface area (Å²) >= 11 is 0. The molecule has 1 aliphatic rings. The van der Waals surface area contributed by atoms with Crippen LogP contribution in [0.2, 0.25) is 0 Å². The van der Waals surface area contributed by atoms with Crippen LogP contribution in [-0.2, 0) is 25.3 Å². The van der Waals surface area contributed by atoms with E-state index < -0.39 is 7.12 Å². The van der Waals surface area contributed by atoms with Crippen LogP contribution in [0.4, 0.5) is 0 Å². The summed E-state index contributed by atoms with van der Waals surface area (Å²) in [6, 6.07) is 12.8. The smallest absolute Gasteiger partial charge is 0.493 e. The Hall–Kier alpha value is -3.10. The first-order valence-corrected chi connectivity index (χ1v) is 11.5. The van der Waals surface area contributed by atoms with Crippen LogP contribution in [0, 0.1) is 12.3 Å². The van der Waals surface area contributed by atoms with Crippen LogP contribution in [0.1, 0.15) is 42.4 Å². The van der Waals surface area contributed by atoms with Crippen LogP contribution >= 0.6 is 0 Å². The second kappa shape index (κ2) is 9.64. The van der Waals surface area contributed by atoms with Gasteiger partial charge in [0.1, 0.15) is 5.75 Å². The number of rotatable bonds is 6. The van der Waals surface area contributed by atoms with Crippen LogP contribution in [-0.4, -0.2) is 50.5 Å². The molecular weight excluding hydrogens is 433 g/mol. The topological polar surface area (TPSA) is 76.0 Å². The van der Waals surface area contributed by atoms with Crippen LogP contribution in [0.3, 0.4) is 0 Å². The Bertz CT molecular complexity index is 1200. The van der Waals surface area contributed by atoms with Crippen molar-refractivity contribution in [3.05, 3.63) is 59.3 Å². The van der Waals surface area contributed by atoms with Gasteiger partial charge in [-0.05, 0) is 55.2 Å². The van der Waals surface area contributed by atoms with Gasteiger partial charge in [-0.1, -0.05) is 26.0 Å². The van der Waals surface area contributed by atoms with Crippen molar-refractivity contribution in [2.24, 2.45) is 5.41 Å². The third kappa shape index (κ3) is 4.74. The third-order valence-electron chi connectivity index (χ3n) is 6.05. The Morgan fingerprint density at radius 3 is 2.38 bits per heavy atom. The second-order valence-corrected chi connectivity index (χ2v) is 9.31. The van der Waals surface area contributed by atoms with Gasteiger partial charge >= 0.3 is 13.1 Å². The van der Waals surface area contributed by atoms with Crippen LogP contribution in [0.25, 0.3) is 10.9 Å². The first-order valence-electron chi connectivity index (χ1n) is 11.5. The molecule has 1 aromatic heterocycles. The molecule has 2 aromatic carbocycles. The lowest BCUT2D eigenvalue weighted by molar-refractivity contribution is -0.142. The largest absolute Gasteiger partial charge is 0.497 e. The zero-order valence-corrected chi connectivity index (χ0v) is 20.3. The Balaban J connectivity index is 1.67. The van der Waals surface area contributed by atoms with Gasteiger partial charge in [-0.25, -0.2) is 0 Å². The number of benzene rings is 2. The van der Waals surface area contributed by atoms with E-state index in [1.54, 1.807) is 30.7 Å². The molecule has 34 heavy (non-hydrogen) atoms. The normalized spacial score (nSPS) is 15.4. The highest BCUT2D eigenvalue weighted by atomic mass is 16.6. The van der Waals surface area contributed by atoms with Crippen molar-refractivity contribution >= 4 is 35.4 Å². The fourth-order valence-electron chi connectivity index (χ4n) is 4.23. The van der Waals surface area contributed by atoms with Gasteiger partial charge in [0, 0.05) is 35.3 Å². The molecule has 2 heterocycles. The lowest BCUT2D eigenvalue weighted by atomic mass is 9.75. The number of esters is 1. The molecule has 8 heteroatoms. The van der Waals surface area contributed by atoms with Crippen molar-refractivity contribution in [3.63, 3.8) is 0 Å². The molecule has 1 saturated heterocycles. The molecule has 0 aliphatic carbocycles. The maximum absolute atomic E-state index is 13.6. The van der Waals surface area contributed by atoms with Gasteiger partial charge in [-0.3, -0.25) is 14.2 Å². The summed E-state index contributed by atoms with van der Waals surface area (Å²) in [5, 5.41) is 0.793. The van der Waals surface area contributed by atoms with Crippen molar-refractivity contribution in [1.29, 1.82) is 0 Å². The zero-order chi connectivity index (χ0) is 24.5. The minimum atomic E-state index is -0.435. The Morgan fingerprint density at radius 2 is 1.76 bits per heavy atom. The van der Waals surface area contributed by atoms with Gasteiger partial charge in [-0.15, -0.1) is 0 Å². The van der Waals surface area contributed by atoms with Crippen molar-refractivity contribution in [2.75, 3.05) is 26.9 Å². The average molecular weight is 463 g/mol. The number of carbonyl (C=O) groups excluding carboxylic acids is 2. The van der Waals surface area contributed by atoms with E-state index >= 15 is 0 Å². The molecule has 1 fully saturated rings. The molecule has 0 atom stereocenters. The number of aromatic nitrogens is 1. The van der Waals surface area contributed by atoms with E-state index in [-0.39, 0.29) is 23.7 Å². The number of fused-ring (bicyclic) bond motifs is 1. The van der Waals surface area contributed by atoms with E-state index in [2.05, 4.69) is 13.8 Å². The van der Waals surface area contributed by atoms with E-state index in [0.717, 1.165) is 16.4 Å². The van der Waals surface area contributed by atoms with Gasteiger partial charge in [0.2, 0.25) is 0 Å². The number of methoxy groups -OCH3 is 1. The molecule has 0 amide bonds. The molecule has 1 aliphatic heterocycles. The molecule has 0 spiro atoms. The number of hydrogen-bond acceptors (Lipinski definition) is 6. The maximum Gasteiger partial charge on any atom is 0.493 e. The van der Waals surface area contributed by atoms with Crippen LogP contribution < -0.4 is 10.2 Å². The fraction of sp³-hybridized carbons (Fsp3) is 0.385. The molecule has 0 radical (unpaired) electrons. The van der Waals surface area contributed by atoms with Crippen molar-refractivity contribution in [3.8, 4) is 5.75 Å². The predicted molar refractivity (Wildman–Crippen MR) is 131 cm³/mol. The predicted octanol–water partition coefficient (Wildman–Crippen LogP) is 3.52. The standard InChI is InChI=1S/C26H30BNO6/c1-6-32-24(29)14-21-17(2)28(23-12-11-20(31-5)13-22(21)23)25(30)18-7-9-19(10-8-18)27-33-15-26(3,4)16-34-27/h7-13H,6,14-16H2,1-5H3. The number of nitrogens with zero attached hydrogens (tertiary/aromatic N) is 1. The van der Waals surface area contributed by atoms with Crippen molar-refractivity contribution in [1.82, 2.24) is 4.57 Å². The van der Waals surface area contributed by atoms with E-state index in [1.165, 1.54) is 0 Å². The summed E-state index contributed by atoms with van der Waals surface area (Å²) in [4.78, 5) is 25.9. The van der Waals surface area contributed by atoms with Crippen molar-refractivity contribution < 1.29 is 28.4 Å². The SMILES string of the molecule is CCOC(=O)Cc1c(C)n(C(=O)c2ccc(B3OCC(C)(C)CO3)cc2)c2ccc(OC)cc12. The molecule has 0 bridgehead atoms. The highest BCUT2D eigenvalue weighted by Gasteiger charge is 2.33. The lowest BCUT2D eigenvalue weighted by Gasteiger charge is -2.33. The highest BCUT2D eigenvalue weighted by Crippen LogP contribution is 2.31. The van der Waals surface area contributed by atoms with E-state index in [9.17, 15) is 9.59 Å². The van der Waals surface area contributed by atoms with Gasteiger partial charge in [0.05, 0.1) is 25.7 Å². The summed E-state index contributed by atoms with van der Waals surface area (Å²) in [5.74, 6) is 0.142. The summed E-state index contributed by atoms with van der Waals surface area (Å²) < 4.78 is 23.9. The average Bonchev–Trinajstić information content (AvgIpc) is 3.09. The molecule has 0 N–H and O–H groups in total. The monoisotopic (exact) mass is 463 g/mol. The molecule has 0 saturated carbocycles. The van der Waals surface area contributed by atoms with E-state index in [0.29, 0.717) is 42.3 Å². The third-order valence-corrected chi connectivity index (χ3v) is 6.05. The first kappa shape index (κ1) is 24.0. The van der Waals surface area contributed by atoms with Gasteiger partial charge in [0.15, 0.2) is 0 Å². The summed E-state index contributed by atoms with van der Waals surface area (Å²) in [7, 11) is 1.15. The Labute approximate surface area is 200 Å². The van der Waals surface area contributed by atoms with Crippen LogP contribution in [0.5, 0.6) is 5.75 Å². The molecule has 178 valence electrons. The molecular formula is C26H30BNO6. The second-order valence-electron chi connectivity index (χ2n) is 9.31. The molecule has 4 rings (SSSR count). The van der Waals surface area contributed by atoms with Gasteiger partial charge in [0.25, 0.3) is 5.91 Å². The van der Waals surface area contributed by atoms with Gasteiger partial charge < -0.3 is 18.8 Å². The van der Waals surface area contributed by atoms with E-state index in [4.69, 9.17) is 18.8 Å². The first-order chi connectivity index (χ1) is 16.2. The minimum Gasteiger partial charge on any atom is -0.497 e. The Kier molecular flexibility index (Phi) is 6.82. The molecule has 0 unspecified atom stereocenters. The zero-order valence-electron chi connectivity index (χ0n) is 20.3. The summed E-state index contributed by atoms with van der Waals surface area (Å²) in [5.41, 5.74) is 3.55. The molecule has 7 nitrogen and oxygen atoms in total. The van der Waals surface area contributed by atoms with E-state index in [1.807, 2.05) is 37.3 Å². The van der Waals surface area contributed by atoms with Gasteiger partial charge in [-0.2, -0.15) is 0 Å². The molecule has 3 aromatic rings. The fourth-order valence-corrected chi connectivity index (χ4v) is 4.23. The summed E-state index contributed by atoms with van der Waals surface area (Å²) in [6.45, 7) is 9.34. The van der Waals surface area contributed by atoms with Crippen molar-refractivity contribution in [2.45, 2.75) is 34.1 Å². The summed E-state index contributed by atoms with van der Waals surface area (Å²) in [6.07, 6.45) is 0.0786. The Morgan fingerprint density at radius 1 is 1.09 bits per heavy atom. The number of carbonyl (C=O) groups is 2. The minimum absolute atomic E-state index is 0.0106. The number of ether oxygens (including phenoxy) is 2. The van der Waals surface area contributed by atoms with Crippen LogP contribution in [0.15, 0.2) is 42.5 Å². The number of hydrogen-bond donors (Lipinski definition) is 0. The maximum atomic E-state index is 13.6. The highest BCUT2D eigenvalue weighted by molar-refractivity contribution is 6.61. The lowest BCUT2D eigenvalue weighted by Crippen LogP contribution is -2.47. The quantitative estimate of drug-likeness (QED) is 0.412.